The minimum Gasteiger partial charge on any atom is -0.311 e. The monoisotopic (exact) mass is 357 g/mol. The van der Waals surface area contributed by atoms with Gasteiger partial charge in [-0.1, -0.05) is 20.8 Å². The summed E-state index contributed by atoms with van der Waals surface area (Å²) in [5.41, 5.74) is 2.49. The lowest BCUT2D eigenvalue weighted by atomic mass is 9.70. The number of aromatic amines is 1. The first-order valence-electron chi connectivity index (χ1n) is 9.29. The number of rotatable bonds is 1. The van der Waals surface area contributed by atoms with Gasteiger partial charge in [0.25, 0.3) is 5.56 Å². The van der Waals surface area contributed by atoms with Gasteiger partial charge in [-0.15, -0.1) is 0 Å². The highest BCUT2D eigenvalue weighted by atomic mass is 16.2. The Bertz CT molecular complexity index is 1140. The Morgan fingerprint density at radius 1 is 1.15 bits per heavy atom. The number of nitrogens with zero attached hydrogens (tertiary/aromatic N) is 4. The van der Waals surface area contributed by atoms with Crippen molar-refractivity contribution in [3.8, 4) is 0 Å². The summed E-state index contributed by atoms with van der Waals surface area (Å²) in [6.45, 7) is 11.1. The van der Waals surface area contributed by atoms with Gasteiger partial charge in [0.2, 0.25) is 5.78 Å². The Labute approximate surface area is 151 Å². The molecule has 7 heteroatoms. The van der Waals surface area contributed by atoms with E-state index >= 15 is 0 Å². The van der Waals surface area contributed by atoms with E-state index in [1.807, 2.05) is 11.3 Å². The summed E-state index contributed by atoms with van der Waals surface area (Å²) in [5, 5.41) is 0. The van der Waals surface area contributed by atoms with E-state index in [1.165, 1.54) is 11.0 Å². The van der Waals surface area contributed by atoms with Gasteiger partial charge in [0, 0.05) is 24.5 Å². The van der Waals surface area contributed by atoms with Crippen molar-refractivity contribution in [3.63, 3.8) is 0 Å². The first kappa shape index (κ1) is 17.1. The average molecular weight is 357 g/mol. The molecule has 0 spiro atoms. The normalized spacial score (nSPS) is 23.2. The maximum absolute atomic E-state index is 12.5. The van der Waals surface area contributed by atoms with E-state index in [0.717, 1.165) is 30.0 Å². The molecule has 0 unspecified atom stereocenters. The van der Waals surface area contributed by atoms with Crippen LogP contribution in [0.5, 0.6) is 0 Å². The summed E-state index contributed by atoms with van der Waals surface area (Å²) < 4.78 is 5.61. The average Bonchev–Trinajstić information content (AvgIpc) is 3.00. The fourth-order valence-corrected chi connectivity index (χ4v) is 5.07. The molecule has 2 atom stereocenters. The van der Waals surface area contributed by atoms with Gasteiger partial charge in [-0.25, -0.2) is 4.79 Å². The number of aromatic nitrogens is 5. The summed E-state index contributed by atoms with van der Waals surface area (Å²) in [5.74, 6) is 1.40. The van der Waals surface area contributed by atoms with Gasteiger partial charge in [-0.2, -0.15) is 4.98 Å². The topological polar surface area (TPSA) is 77.1 Å². The zero-order valence-corrected chi connectivity index (χ0v) is 16.4. The zero-order valence-electron chi connectivity index (χ0n) is 16.4. The van der Waals surface area contributed by atoms with Crippen LogP contribution in [-0.2, 0) is 7.05 Å². The van der Waals surface area contributed by atoms with Crippen molar-refractivity contribution in [2.24, 2.45) is 18.4 Å². The zero-order chi connectivity index (χ0) is 19.0. The smallest absolute Gasteiger partial charge is 0.311 e. The van der Waals surface area contributed by atoms with Crippen LogP contribution in [0.2, 0.25) is 0 Å². The summed E-state index contributed by atoms with van der Waals surface area (Å²) in [4.78, 5) is 31.6. The van der Waals surface area contributed by atoms with Gasteiger partial charge in [-0.05, 0) is 44.4 Å². The van der Waals surface area contributed by atoms with Crippen molar-refractivity contribution >= 4 is 16.9 Å². The standard InChI is InChI=1S/C19H27N5O2/c1-10-7-13(9-19(4,5)8-10)23-11(2)12(3)24-14-15(20-17(23)24)22(6)18(26)21-16(14)25/h10,13H,7-9H2,1-6H3,(H,21,25,26)/t10-,13+/m0/s1. The largest absolute Gasteiger partial charge is 0.329 e. The quantitative estimate of drug-likeness (QED) is 0.727. The van der Waals surface area contributed by atoms with E-state index in [4.69, 9.17) is 4.98 Å². The van der Waals surface area contributed by atoms with Crippen LogP contribution >= 0.6 is 0 Å². The second-order valence-electron chi connectivity index (χ2n) is 8.85. The predicted octanol–water partition coefficient (Wildman–Crippen LogP) is 2.68. The minimum absolute atomic E-state index is 0.278. The Morgan fingerprint density at radius 2 is 1.85 bits per heavy atom. The lowest BCUT2D eigenvalue weighted by Crippen LogP contribution is -2.30. The van der Waals surface area contributed by atoms with Crippen LogP contribution in [0, 0.1) is 25.2 Å². The molecule has 7 nitrogen and oxygen atoms in total. The third kappa shape index (κ3) is 2.29. The third-order valence-electron chi connectivity index (χ3n) is 6.06. The number of H-pyrrole nitrogens is 1. The number of fused-ring (bicyclic) bond motifs is 3. The van der Waals surface area contributed by atoms with E-state index in [9.17, 15) is 9.59 Å². The first-order chi connectivity index (χ1) is 12.1. The van der Waals surface area contributed by atoms with Crippen LogP contribution in [0.25, 0.3) is 16.9 Å². The molecule has 3 aromatic heterocycles. The van der Waals surface area contributed by atoms with E-state index < -0.39 is 5.69 Å². The molecule has 0 aliphatic heterocycles. The van der Waals surface area contributed by atoms with Gasteiger partial charge < -0.3 is 4.57 Å². The molecule has 0 saturated heterocycles. The van der Waals surface area contributed by atoms with Gasteiger partial charge in [0.15, 0.2) is 11.2 Å². The molecule has 26 heavy (non-hydrogen) atoms. The lowest BCUT2D eigenvalue weighted by Gasteiger charge is -2.40. The van der Waals surface area contributed by atoms with Crippen molar-refractivity contribution in [2.45, 2.75) is 59.9 Å². The molecule has 0 amide bonds. The number of imidazole rings is 2. The fourth-order valence-electron chi connectivity index (χ4n) is 5.07. The summed E-state index contributed by atoms with van der Waals surface area (Å²) in [7, 11) is 1.64. The van der Waals surface area contributed by atoms with Gasteiger partial charge in [-0.3, -0.25) is 18.7 Å². The molecule has 4 rings (SSSR count). The Hall–Kier alpha value is -2.31. The summed E-state index contributed by atoms with van der Waals surface area (Å²) >= 11 is 0. The van der Waals surface area contributed by atoms with Crippen LogP contribution in [-0.4, -0.2) is 23.5 Å². The molecule has 1 aliphatic rings. The molecule has 0 aromatic carbocycles. The highest BCUT2D eigenvalue weighted by Crippen LogP contribution is 2.45. The van der Waals surface area contributed by atoms with Crippen molar-refractivity contribution in [1.29, 1.82) is 0 Å². The Balaban J connectivity index is 2.05. The molecule has 1 aliphatic carbocycles. The van der Waals surface area contributed by atoms with Crippen molar-refractivity contribution < 1.29 is 0 Å². The van der Waals surface area contributed by atoms with Crippen LogP contribution in [0.3, 0.4) is 0 Å². The maximum Gasteiger partial charge on any atom is 0.329 e. The van der Waals surface area contributed by atoms with E-state index in [-0.39, 0.29) is 11.0 Å². The first-order valence-corrected chi connectivity index (χ1v) is 9.29. The number of hydrogen-bond donors (Lipinski definition) is 1. The predicted molar refractivity (Wildman–Crippen MR) is 102 cm³/mol. The molecule has 3 heterocycles. The molecule has 140 valence electrons. The van der Waals surface area contributed by atoms with Gasteiger partial charge in [0.1, 0.15) is 0 Å². The molecule has 1 N–H and O–H groups in total. The lowest BCUT2D eigenvalue weighted by molar-refractivity contribution is 0.138. The highest BCUT2D eigenvalue weighted by Gasteiger charge is 2.35. The number of hydrogen-bond acceptors (Lipinski definition) is 3. The highest BCUT2D eigenvalue weighted by molar-refractivity contribution is 5.76. The molecule has 1 fully saturated rings. The Morgan fingerprint density at radius 3 is 2.50 bits per heavy atom. The Kier molecular flexibility index (Phi) is 3.52. The molecule has 1 saturated carbocycles. The van der Waals surface area contributed by atoms with Crippen molar-refractivity contribution in [3.05, 3.63) is 32.2 Å². The van der Waals surface area contributed by atoms with Gasteiger partial charge >= 0.3 is 5.69 Å². The molecule has 0 radical (unpaired) electrons. The second kappa shape index (κ2) is 5.34. The van der Waals surface area contributed by atoms with Crippen LogP contribution in [0.15, 0.2) is 9.59 Å². The third-order valence-corrected chi connectivity index (χ3v) is 6.06. The summed E-state index contributed by atoms with van der Waals surface area (Å²) in [6, 6.07) is 0.345. The van der Waals surface area contributed by atoms with E-state index in [2.05, 4.69) is 37.2 Å². The summed E-state index contributed by atoms with van der Waals surface area (Å²) in [6.07, 6.45) is 3.41. The number of aryl methyl sites for hydroxylation is 2. The fraction of sp³-hybridized carbons (Fsp3) is 0.632. The van der Waals surface area contributed by atoms with E-state index in [1.54, 1.807) is 7.05 Å². The maximum atomic E-state index is 12.5. The second-order valence-corrected chi connectivity index (χ2v) is 8.85. The van der Waals surface area contributed by atoms with E-state index in [0.29, 0.717) is 23.1 Å². The molecular formula is C19H27N5O2. The van der Waals surface area contributed by atoms with Crippen molar-refractivity contribution in [1.82, 2.24) is 23.5 Å². The SMILES string of the molecule is Cc1c(C)n2c3c(=O)[nH]c(=O)n(C)c3nc2n1[C@@H]1C[C@H](C)CC(C)(C)C1. The molecule has 0 bridgehead atoms. The van der Waals surface area contributed by atoms with Crippen LogP contribution in [0.1, 0.15) is 57.5 Å². The van der Waals surface area contributed by atoms with Crippen LogP contribution < -0.4 is 11.2 Å². The number of nitrogens with one attached hydrogen (secondary N) is 1. The van der Waals surface area contributed by atoms with Crippen LogP contribution in [0.4, 0.5) is 0 Å². The van der Waals surface area contributed by atoms with Gasteiger partial charge in [0.05, 0.1) is 0 Å². The van der Waals surface area contributed by atoms with Crippen molar-refractivity contribution in [2.75, 3.05) is 0 Å². The molecule has 3 aromatic rings. The molecular weight excluding hydrogens is 330 g/mol. The minimum atomic E-state index is -0.434.